The van der Waals surface area contributed by atoms with Crippen LogP contribution in [0.4, 0.5) is 4.39 Å². The van der Waals surface area contributed by atoms with E-state index < -0.39 is 0 Å². The summed E-state index contributed by atoms with van der Waals surface area (Å²) in [6.07, 6.45) is 2.27. The van der Waals surface area contributed by atoms with Gasteiger partial charge in [0.1, 0.15) is 5.82 Å². The number of halogens is 2. The van der Waals surface area contributed by atoms with E-state index in [-0.39, 0.29) is 24.1 Å². The van der Waals surface area contributed by atoms with E-state index in [9.17, 15) is 9.18 Å². The quantitative estimate of drug-likeness (QED) is 0.385. The van der Waals surface area contributed by atoms with Crippen molar-refractivity contribution in [2.75, 3.05) is 13.1 Å². The highest BCUT2D eigenvalue weighted by Gasteiger charge is 2.29. The Bertz CT molecular complexity index is 1290. The Morgan fingerprint density at radius 2 is 1.85 bits per heavy atom. The van der Waals surface area contributed by atoms with Gasteiger partial charge in [-0.15, -0.1) is 0 Å². The van der Waals surface area contributed by atoms with E-state index in [1.54, 1.807) is 29.2 Å². The summed E-state index contributed by atoms with van der Waals surface area (Å²) in [6.45, 7) is 1.16. The molecule has 2 aromatic carbocycles. The Morgan fingerprint density at radius 3 is 2.68 bits per heavy atom. The lowest BCUT2D eigenvalue weighted by Gasteiger charge is -2.31. The molecule has 1 saturated heterocycles. The van der Waals surface area contributed by atoms with Gasteiger partial charge in [-0.05, 0) is 49.2 Å². The molecule has 0 radical (unpaired) electrons. The minimum absolute atomic E-state index is 0.000752. The van der Waals surface area contributed by atoms with Crippen molar-refractivity contribution in [1.82, 2.24) is 25.2 Å². The number of rotatable bonds is 6. The maximum absolute atomic E-state index is 13.5. The van der Waals surface area contributed by atoms with Gasteiger partial charge in [-0.25, -0.2) is 4.39 Å². The average molecular weight is 482 g/mol. The van der Waals surface area contributed by atoms with Gasteiger partial charge in [0, 0.05) is 42.1 Å². The highest BCUT2D eigenvalue weighted by atomic mass is 35.5. The van der Waals surface area contributed by atoms with Crippen LogP contribution >= 0.6 is 11.6 Å². The lowest BCUT2D eigenvalue weighted by atomic mass is 9.97. The first-order valence-electron chi connectivity index (χ1n) is 11.0. The van der Waals surface area contributed by atoms with Gasteiger partial charge in [0.15, 0.2) is 0 Å². The van der Waals surface area contributed by atoms with Crippen LogP contribution in [-0.2, 0) is 11.2 Å². The fourth-order valence-corrected chi connectivity index (χ4v) is 4.12. The fourth-order valence-electron chi connectivity index (χ4n) is 4.00. The lowest BCUT2D eigenvalue weighted by molar-refractivity contribution is -0.132. The maximum atomic E-state index is 13.5. The topological polar surface area (TPSA) is 98.2 Å². The van der Waals surface area contributed by atoms with Gasteiger partial charge in [-0.2, -0.15) is 9.97 Å². The standard InChI is InChI=1S/C24H21ClFN5O3/c25-18-8-6-15(7-9-18)22-27-20(33-29-22)10-11-21(32)31-12-2-4-17(14-31)24-28-23(30-34-24)16-3-1-5-19(26)13-16/h1,3,5-9,13,17H,2,4,10-12,14H2/t17-/m1/s1. The zero-order valence-electron chi connectivity index (χ0n) is 18.2. The first-order chi connectivity index (χ1) is 16.5. The van der Waals surface area contributed by atoms with Crippen molar-refractivity contribution in [3.05, 3.63) is 71.2 Å². The van der Waals surface area contributed by atoms with E-state index in [0.717, 1.165) is 18.4 Å². The molecule has 5 rings (SSSR count). The van der Waals surface area contributed by atoms with Crippen LogP contribution in [0.2, 0.25) is 5.02 Å². The number of amides is 1. The van der Waals surface area contributed by atoms with Gasteiger partial charge in [0.25, 0.3) is 0 Å². The second kappa shape index (κ2) is 9.72. The highest BCUT2D eigenvalue weighted by molar-refractivity contribution is 6.30. The number of benzene rings is 2. The van der Waals surface area contributed by atoms with Crippen LogP contribution in [0.15, 0.2) is 57.6 Å². The normalized spacial score (nSPS) is 16.1. The summed E-state index contributed by atoms with van der Waals surface area (Å²) in [6, 6.07) is 13.2. The van der Waals surface area contributed by atoms with Gasteiger partial charge < -0.3 is 13.9 Å². The summed E-state index contributed by atoms with van der Waals surface area (Å²) >= 11 is 5.91. The fraction of sp³-hybridized carbons (Fsp3) is 0.292. The number of carbonyl (C=O) groups excluding carboxylic acids is 1. The first-order valence-corrected chi connectivity index (χ1v) is 11.4. The minimum atomic E-state index is -0.361. The van der Waals surface area contributed by atoms with E-state index in [2.05, 4.69) is 20.3 Å². The molecule has 0 bridgehead atoms. The van der Waals surface area contributed by atoms with Crippen molar-refractivity contribution < 1.29 is 18.2 Å². The third-order valence-electron chi connectivity index (χ3n) is 5.77. The summed E-state index contributed by atoms with van der Waals surface area (Å²) < 4.78 is 24.3. The van der Waals surface area contributed by atoms with Crippen LogP contribution in [0.5, 0.6) is 0 Å². The first kappa shape index (κ1) is 22.2. The second-order valence-electron chi connectivity index (χ2n) is 8.16. The molecule has 1 fully saturated rings. The average Bonchev–Trinajstić information content (AvgIpc) is 3.54. The third kappa shape index (κ3) is 4.99. The molecule has 1 amide bonds. The van der Waals surface area contributed by atoms with Gasteiger partial charge >= 0.3 is 0 Å². The van der Waals surface area contributed by atoms with Crippen LogP contribution in [-0.4, -0.2) is 44.2 Å². The zero-order chi connectivity index (χ0) is 23.5. The van der Waals surface area contributed by atoms with Gasteiger partial charge in [-0.1, -0.05) is 34.0 Å². The van der Waals surface area contributed by atoms with Crippen molar-refractivity contribution >= 4 is 17.5 Å². The molecule has 4 aromatic rings. The molecular weight excluding hydrogens is 461 g/mol. The Morgan fingerprint density at radius 1 is 1.06 bits per heavy atom. The van der Waals surface area contributed by atoms with Gasteiger partial charge in [0.2, 0.25) is 29.3 Å². The molecule has 10 heteroatoms. The second-order valence-corrected chi connectivity index (χ2v) is 8.60. The molecule has 34 heavy (non-hydrogen) atoms. The van der Waals surface area contributed by atoms with Crippen molar-refractivity contribution in [1.29, 1.82) is 0 Å². The number of carbonyl (C=O) groups is 1. The van der Waals surface area contributed by atoms with Crippen LogP contribution in [0.25, 0.3) is 22.8 Å². The van der Waals surface area contributed by atoms with Crippen LogP contribution in [0.1, 0.15) is 37.0 Å². The predicted octanol–water partition coefficient (Wildman–Crippen LogP) is 4.92. The van der Waals surface area contributed by atoms with Gasteiger partial charge in [0.05, 0.1) is 5.92 Å². The van der Waals surface area contributed by atoms with E-state index >= 15 is 0 Å². The highest BCUT2D eigenvalue weighted by Crippen LogP contribution is 2.28. The smallest absolute Gasteiger partial charge is 0.231 e. The van der Waals surface area contributed by atoms with Crippen molar-refractivity contribution in [3.63, 3.8) is 0 Å². The van der Waals surface area contributed by atoms with Crippen LogP contribution in [0, 0.1) is 5.82 Å². The molecule has 3 heterocycles. The summed E-state index contributed by atoms with van der Waals surface area (Å²) in [5.41, 5.74) is 1.35. The van der Waals surface area contributed by atoms with Crippen molar-refractivity contribution in [2.24, 2.45) is 0 Å². The van der Waals surface area contributed by atoms with E-state index in [0.29, 0.717) is 53.5 Å². The molecule has 0 spiro atoms. The molecule has 1 aliphatic heterocycles. The lowest BCUT2D eigenvalue weighted by Crippen LogP contribution is -2.39. The molecule has 1 atom stereocenters. The number of aromatic nitrogens is 4. The minimum Gasteiger partial charge on any atom is -0.342 e. The zero-order valence-corrected chi connectivity index (χ0v) is 18.9. The maximum Gasteiger partial charge on any atom is 0.231 e. The summed E-state index contributed by atoms with van der Waals surface area (Å²) in [7, 11) is 0. The molecule has 174 valence electrons. The van der Waals surface area contributed by atoms with E-state index in [1.807, 2.05) is 12.1 Å². The Balaban J connectivity index is 1.18. The molecular formula is C24H21ClFN5O3. The third-order valence-corrected chi connectivity index (χ3v) is 6.02. The largest absolute Gasteiger partial charge is 0.342 e. The SMILES string of the molecule is O=C(CCc1nc(-c2ccc(Cl)cc2)no1)N1CCC[C@@H](c2nc(-c3cccc(F)c3)no2)C1. The molecule has 0 aliphatic carbocycles. The number of aryl methyl sites for hydroxylation is 1. The molecule has 2 aromatic heterocycles. The van der Waals surface area contributed by atoms with Crippen molar-refractivity contribution in [3.8, 4) is 22.8 Å². The number of hydrogen-bond acceptors (Lipinski definition) is 7. The van der Waals surface area contributed by atoms with Gasteiger partial charge in [-0.3, -0.25) is 4.79 Å². The van der Waals surface area contributed by atoms with E-state index in [1.165, 1.54) is 12.1 Å². The Labute approximate surface area is 199 Å². The van der Waals surface area contributed by atoms with Crippen molar-refractivity contribution in [2.45, 2.75) is 31.6 Å². The molecule has 0 unspecified atom stereocenters. The summed E-state index contributed by atoms with van der Waals surface area (Å²) in [5.74, 6) is 1.24. The molecule has 0 N–H and O–H groups in total. The van der Waals surface area contributed by atoms with Crippen LogP contribution in [0.3, 0.4) is 0 Å². The molecule has 8 nitrogen and oxygen atoms in total. The van der Waals surface area contributed by atoms with Crippen LogP contribution < -0.4 is 0 Å². The number of hydrogen-bond donors (Lipinski definition) is 0. The van der Waals surface area contributed by atoms with E-state index in [4.69, 9.17) is 20.6 Å². The summed E-state index contributed by atoms with van der Waals surface area (Å²) in [4.78, 5) is 23.5. The number of piperidine rings is 1. The predicted molar refractivity (Wildman–Crippen MR) is 121 cm³/mol. The Kier molecular flexibility index (Phi) is 6.35. The number of likely N-dealkylation sites (tertiary alicyclic amines) is 1. The molecule has 0 saturated carbocycles. The monoisotopic (exact) mass is 481 g/mol. The summed E-state index contributed by atoms with van der Waals surface area (Å²) in [5, 5.41) is 8.60. The molecule has 1 aliphatic rings. The number of nitrogens with zero attached hydrogens (tertiary/aromatic N) is 5. The Hall–Kier alpha value is -3.59.